The normalized spacial score (nSPS) is 18.1. The molecule has 318 valence electrons. The molecule has 56 heavy (non-hydrogen) atoms. The number of hydrogen-bond acceptors (Lipinski definition) is 16. The Bertz CT molecular complexity index is 1120. The Hall–Kier alpha value is -4.66. The van der Waals surface area contributed by atoms with E-state index in [1.54, 1.807) is 0 Å². The van der Waals surface area contributed by atoms with Crippen molar-refractivity contribution in [2.24, 2.45) is 0 Å². The predicted molar refractivity (Wildman–Crippen MR) is 196 cm³/mol. The van der Waals surface area contributed by atoms with Crippen LogP contribution in [-0.4, -0.2) is 153 Å². The summed E-state index contributed by atoms with van der Waals surface area (Å²) in [5.41, 5.74) is 0. The molecule has 4 N–H and O–H groups in total. The second kappa shape index (κ2) is 30.5. The zero-order chi connectivity index (χ0) is 40.6. The molecule has 0 aromatic heterocycles. The molecule has 20 nitrogen and oxygen atoms in total. The average molecular weight is 803 g/mol. The van der Waals surface area contributed by atoms with Crippen LogP contribution in [-0.2, 0) is 57.0 Å². The van der Waals surface area contributed by atoms with E-state index in [9.17, 15) is 28.8 Å². The lowest BCUT2D eigenvalue weighted by Crippen LogP contribution is -2.35. The molecule has 0 aliphatic carbocycles. The van der Waals surface area contributed by atoms with Crippen molar-refractivity contribution in [2.45, 2.75) is 75.8 Å². The molecule has 20 heteroatoms. The highest BCUT2D eigenvalue weighted by atomic mass is 16.7. The van der Waals surface area contributed by atoms with Crippen LogP contribution in [0.3, 0.4) is 0 Å². The van der Waals surface area contributed by atoms with Gasteiger partial charge in [0.05, 0.1) is 26.4 Å². The Kier molecular flexibility index (Phi) is 25.9. The largest absolute Gasteiger partial charge is 0.459 e. The van der Waals surface area contributed by atoms with E-state index in [0.29, 0.717) is 39.4 Å². The Morgan fingerprint density at radius 3 is 1.04 bits per heavy atom. The number of esters is 2. The maximum atomic E-state index is 12.0. The van der Waals surface area contributed by atoms with Crippen molar-refractivity contribution in [1.82, 2.24) is 21.3 Å². The molecule has 2 rings (SSSR count). The van der Waals surface area contributed by atoms with Gasteiger partial charge in [-0.15, -0.1) is 0 Å². The summed E-state index contributed by atoms with van der Waals surface area (Å²) in [5.74, 6) is -1.16. The van der Waals surface area contributed by atoms with Gasteiger partial charge >= 0.3 is 36.3 Å². The summed E-state index contributed by atoms with van der Waals surface area (Å²) < 4.78 is 52.9. The fourth-order valence-electron chi connectivity index (χ4n) is 5.23. The number of alkyl carbamates (subject to hydrolysis) is 4. The fourth-order valence-corrected chi connectivity index (χ4v) is 5.23. The number of hydrogen-bond donors (Lipinski definition) is 4. The van der Waals surface area contributed by atoms with Crippen molar-refractivity contribution in [3.05, 3.63) is 25.3 Å². The molecule has 2 heterocycles. The van der Waals surface area contributed by atoms with Crippen molar-refractivity contribution in [1.29, 1.82) is 0 Å². The van der Waals surface area contributed by atoms with Crippen LogP contribution < -0.4 is 21.3 Å². The molecule has 4 amide bonds. The molecular formula is C36H58N4O16. The number of amides is 4. The van der Waals surface area contributed by atoms with Gasteiger partial charge in [-0.25, -0.2) is 28.8 Å². The first-order valence-corrected chi connectivity index (χ1v) is 18.9. The van der Waals surface area contributed by atoms with Crippen molar-refractivity contribution in [2.75, 3.05) is 92.2 Å². The second-order valence-electron chi connectivity index (χ2n) is 12.2. The van der Waals surface area contributed by atoms with Gasteiger partial charge < -0.3 is 68.6 Å². The van der Waals surface area contributed by atoms with Crippen LogP contribution in [0.15, 0.2) is 25.3 Å². The van der Waals surface area contributed by atoms with Gasteiger partial charge in [-0.3, -0.25) is 0 Å². The molecule has 0 radical (unpaired) electrons. The van der Waals surface area contributed by atoms with E-state index >= 15 is 0 Å². The van der Waals surface area contributed by atoms with Gasteiger partial charge in [0.2, 0.25) is 0 Å². The molecule has 0 aromatic carbocycles. The van der Waals surface area contributed by atoms with E-state index < -0.39 is 36.3 Å². The Morgan fingerprint density at radius 2 is 0.732 bits per heavy atom. The molecule has 4 unspecified atom stereocenters. The summed E-state index contributed by atoms with van der Waals surface area (Å²) >= 11 is 0. The highest BCUT2D eigenvalue weighted by molar-refractivity contribution is 5.81. The van der Waals surface area contributed by atoms with Gasteiger partial charge in [0.15, 0.2) is 0 Å². The quantitative estimate of drug-likeness (QED) is 0.0352. The molecule has 0 spiro atoms. The van der Waals surface area contributed by atoms with E-state index in [4.69, 9.17) is 47.4 Å². The third kappa shape index (κ3) is 22.7. The van der Waals surface area contributed by atoms with Crippen LogP contribution in [0.4, 0.5) is 19.2 Å². The summed E-state index contributed by atoms with van der Waals surface area (Å²) in [5, 5.41) is 10.6. The zero-order valence-electron chi connectivity index (χ0n) is 32.0. The molecule has 0 bridgehead atoms. The van der Waals surface area contributed by atoms with Crippen molar-refractivity contribution in [3.63, 3.8) is 0 Å². The van der Waals surface area contributed by atoms with Gasteiger partial charge in [-0.2, -0.15) is 0 Å². The van der Waals surface area contributed by atoms with Crippen molar-refractivity contribution < 1.29 is 76.1 Å². The first kappa shape index (κ1) is 47.5. The topological polar surface area (TPSA) is 243 Å². The number of carbonyl (C=O) groups is 6. The van der Waals surface area contributed by atoms with Gasteiger partial charge in [0, 0.05) is 38.3 Å². The first-order chi connectivity index (χ1) is 27.2. The van der Waals surface area contributed by atoms with E-state index in [0.717, 1.165) is 63.5 Å². The maximum absolute atomic E-state index is 12.0. The van der Waals surface area contributed by atoms with E-state index in [2.05, 4.69) is 34.4 Å². The molecule has 4 atom stereocenters. The number of nitrogens with one attached hydrogen (secondary N) is 4. The van der Waals surface area contributed by atoms with Crippen LogP contribution in [0.1, 0.15) is 51.4 Å². The van der Waals surface area contributed by atoms with Gasteiger partial charge in [-0.05, 0) is 25.7 Å². The van der Waals surface area contributed by atoms with Gasteiger partial charge in [0.25, 0.3) is 0 Å². The first-order valence-electron chi connectivity index (χ1n) is 18.9. The fraction of sp³-hybridized carbons (Fsp3) is 0.722. The Balaban J connectivity index is 1.36. The van der Waals surface area contributed by atoms with Crippen LogP contribution in [0.5, 0.6) is 0 Å². The van der Waals surface area contributed by atoms with Crippen molar-refractivity contribution >= 4 is 36.3 Å². The minimum Gasteiger partial charge on any atom is -0.459 e. The summed E-state index contributed by atoms with van der Waals surface area (Å²) in [6.07, 6.45) is 4.90. The van der Waals surface area contributed by atoms with E-state index in [1.165, 1.54) is 0 Å². The zero-order valence-corrected chi connectivity index (χ0v) is 32.0. The molecule has 2 aliphatic heterocycles. The van der Waals surface area contributed by atoms with E-state index in [-0.39, 0.29) is 77.3 Å². The number of ether oxygens (including phenoxy) is 10. The van der Waals surface area contributed by atoms with Crippen LogP contribution in [0.25, 0.3) is 0 Å². The molecule has 2 saturated heterocycles. The summed E-state index contributed by atoms with van der Waals surface area (Å²) in [4.78, 5) is 68.8. The maximum Gasteiger partial charge on any atom is 0.407 e. The molecule has 2 fully saturated rings. The number of fused-ring (bicyclic) bond motifs is 1. The summed E-state index contributed by atoms with van der Waals surface area (Å²) in [6.45, 7) is 9.26. The van der Waals surface area contributed by atoms with Gasteiger partial charge in [0.1, 0.15) is 64.1 Å². The lowest BCUT2D eigenvalue weighted by atomic mass is 10.1. The third-order valence-electron chi connectivity index (χ3n) is 8.00. The van der Waals surface area contributed by atoms with Crippen molar-refractivity contribution in [3.8, 4) is 0 Å². The lowest BCUT2D eigenvalue weighted by Gasteiger charge is -2.17. The monoisotopic (exact) mass is 802 g/mol. The molecular weight excluding hydrogens is 744 g/mol. The predicted octanol–water partition coefficient (Wildman–Crippen LogP) is 2.04. The highest BCUT2D eigenvalue weighted by Crippen LogP contribution is 2.30. The Morgan fingerprint density at radius 1 is 0.446 bits per heavy atom. The number of unbranched alkanes of at least 4 members (excludes halogenated alkanes) is 6. The minimum absolute atomic E-state index is 0.0366. The summed E-state index contributed by atoms with van der Waals surface area (Å²) in [6, 6.07) is 0. The Labute approximate surface area is 326 Å². The SMILES string of the molecule is C=CC(=O)OCCOC(=O)NCCCCCCNC(=O)OCCOC1COC2C(OCCOC(=O)NCCCCCCNC(=O)OCCOC(=O)C=C)COC12. The highest BCUT2D eigenvalue weighted by Gasteiger charge is 2.48. The number of carbonyl (C=O) groups excluding carboxylic acids is 6. The molecule has 0 aromatic rings. The number of rotatable bonds is 30. The van der Waals surface area contributed by atoms with Gasteiger partial charge in [-0.1, -0.05) is 38.8 Å². The smallest absolute Gasteiger partial charge is 0.407 e. The van der Waals surface area contributed by atoms with Crippen LogP contribution in [0.2, 0.25) is 0 Å². The average Bonchev–Trinajstić information content (AvgIpc) is 3.79. The third-order valence-corrected chi connectivity index (χ3v) is 8.00. The van der Waals surface area contributed by atoms with E-state index in [1.807, 2.05) is 0 Å². The standard InChI is InChI=1S/C36H58N4O16/c1-3-29(41)49-19-23-53-35(45)39-15-11-7-5-9-13-37-33(43)51-21-17-47-27-25-55-32-28(26-56-31(27)32)48-18-22-52-34(44)38-14-10-6-8-12-16-40-36(46)54-24-20-50-30(42)4-2/h3-4,27-28,31-32H,1-2,5-26H2,(H,37,43)(H,38,44)(H,39,45)(H,40,46). The molecule has 2 aliphatic rings. The van der Waals surface area contributed by atoms with Crippen LogP contribution in [0, 0.1) is 0 Å². The lowest BCUT2D eigenvalue weighted by molar-refractivity contribution is -0.139. The van der Waals surface area contributed by atoms with Crippen LogP contribution >= 0.6 is 0 Å². The molecule has 0 saturated carbocycles. The summed E-state index contributed by atoms with van der Waals surface area (Å²) in [7, 11) is 0. The minimum atomic E-state index is -0.582. The second-order valence-corrected chi connectivity index (χ2v) is 12.2.